The van der Waals surface area contributed by atoms with Crippen LogP contribution in [0.25, 0.3) is 5.69 Å². The van der Waals surface area contributed by atoms with Gasteiger partial charge in [-0.15, -0.1) is 0 Å². The van der Waals surface area contributed by atoms with Gasteiger partial charge >= 0.3 is 240 Å². The summed E-state index contributed by atoms with van der Waals surface area (Å²) in [5.74, 6) is -1.67. The van der Waals surface area contributed by atoms with Crippen molar-refractivity contribution in [3.63, 3.8) is 0 Å². The number of carboxylic acid groups (broad SMARTS) is 1. The maximum absolute atomic E-state index is 13.5. The maximum atomic E-state index is 13.5. The van der Waals surface area contributed by atoms with Crippen LogP contribution in [0.3, 0.4) is 0 Å². The molecule has 0 aliphatic rings. The first-order valence-electron chi connectivity index (χ1n) is 12.6. The summed E-state index contributed by atoms with van der Waals surface area (Å²) >= 11 is -1.82. The zero-order valence-corrected chi connectivity index (χ0v) is 25.8. The quantitative estimate of drug-likeness (QED) is 0.205. The number of nitrogens with zero attached hydrogens (tertiary/aromatic N) is 2. The molecule has 0 aliphatic heterocycles. The third-order valence-corrected chi connectivity index (χ3v) is 14.4. The summed E-state index contributed by atoms with van der Waals surface area (Å²) in [6, 6.07) is 15.5. The fourth-order valence-corrected chi connectivity index (χ4v) is 11.1. The van der Waals surface area contributed by atoms with E-state index < -0.39 is 45.4 Å². The zero-order chi connectivity index (χ0) is 29.2. The number of carbonyl (C=O) groups excluding carboxylic acids is 1. The number of carboxylic acids is 1. The molecule has 10 heteroatoms. The van der Waals surface area contributed by atoms with Gasteiger partial charge in [-0.3, -0.25) is 0 Å². The van der Waals surface area contributed by atoms with Crippen LogP contribution >= 0.6 is 0 Å². The Kier molecular flexibility index (Phi) is 8.66. The Bertz CT molecular complexity index is 1640. The van der Waals surface area contributed by atoms with Crippen molar-refractivity contribution >= 4 is 34.6 Å². The summed E-state index contributed by atoms with van der Waals surface area (Å²) in [6.45, 7) is 8.94. The Morgan fingerprint density at radius 2 is 1.60 bits per heavy atom. The third kappa shape index (κ3) is 6.37. The molecule has 1 aromatic heterocycles. The molecule has 3 atom stereocenters. The first kappa shape index (κ1) is 29.3. The van der Waals surface area contributed by atoms with Crippen LogP contribution in [0.5, 0.6) is 0 Å². The molecule has 0 saturated heterocycles. The number of aromatic carboxylic acids is 1. The van der Waals surface area contributed by atoms with Crippen LogP contribution in [0.1, 0.15) is 56.8 Å². The number of ether oxygens (including phenoxy) is 1. The van der Waals surface area contributed by atoms with Gasteiger partial charge in [0.05, 0.1) is 0 Å². The standard InChI is InChI=1S/C30H31AsN2O6S/c1-18-6-10-25(11-7-18)40(37,38)31-22(5)30(36)39-28(27-20(3)14-23(29(34)35)15-21(27)4)26-16-24(9-8-19(26)2)33-13-12-32-17-33/h6-17,22,28,31H,1-5H3,(H,34,35)/t22-,28?/m0/s1. The molecule has 4 rings (SSSR count). The van der Waals surface area contributed by atoms with Gasteiger partial charge in [0.2, 0.25) is 0 Å². The Hall–Kier alpha value is -3.68. The van der Waals surface area contributed by atoms with Crippen molar-refractivity contribution in [1.82, 2.24) is 9.55 Å². The fourth-order valence-electron chi connectivity index (χ4n) is 4.56. The second-order valence-electron chi connectivity index (χ2n) is 9.81. The Balaban J connectivity index is 1.74. The van der Waals surface area contributed by atoms with Crippen molar-refractivity contribution in [1.29, 1.82) is 0 Å². The van der Waals surface area contributed by atoms with Gasteiger partial charge in [-0.2, -0.15) is 0 Å². The number of imidazole rings is 1. The zero-order valence-electron chi connectivity index (χ0n) is 22.9. The van der Waals surface area contributed by atoms with Crippen LogP contribution in [0, 0.1) is 27.7 Å². The van der Waals surface area contributed by atoms with Crippen molar-refractivity contribution in [3.8, 4) is 5.69 Å². The number of carbonyl (C=O) groups is 2. The topological polar surface area (TPSA) is 116 Å². The van der Waals surface area contributed by atoms with Crippen LogP contribution in [-0.2, 0) is 17.6 Å². The number of aryl methyl sites for hydroxylation is 4. The van der Waals surface area contributed by atoms with Crippen molar-refractivity contribution in [3.05, 3.63) is 112 Å². The molecular formula is C30H31AsN2O6S. The van der Waals surface area contributed by atoms with E-state index in [1.165, 1.54) is 0 Å². The molecule has 4 aromatic rings. The minimum absolute atomic E-state index is 0.136. The average molecular weight is 623 g/mol. The molecule has 3 aromatic carbocycles. The van der Waals surface area contributed by atoms with Gasteiger partial charge < -0.3 is 0 Å². The van der Waals surface area contributed by atoms with Crippen LogP contribution in [0.4, 0.5) is 0 Å². The van der Waals surface area contributed by atoms with Crippen LogP contribution in [0.2, 0.25) is 4.71 Å². The predicted molar refractivity (Wildman–Crippen MR) is 154 cm³/mol. The molecule has 0 bridgehead atoms. The van der Waals surface area contributed by atoms with Gasteiger partial charge in [-0.1, -0.05) is 0 Å². The molecule has 0 fully saturated rings. The number of hydrogen-bond acceptors (Lipinski definition) is 6. The van der Waals surface area contributed by atoms with Crippen LogP contribution in [0.15, 0.2) is 78.2 Å². The Labute approximate surface area is 239 Å². The van der Waals surface area contributed by atoms with E-state index in [2.05, 4.69) is 4.98 Å². The van der Waals surface area contributed by atoms with E-state index in [9.17, 15) is 23.1 Å². The van der Waals surface area contributed by atoms with Crippen molar-refractivity contribution in [2.24, 2.45) is 0 Å². The van der Waals surface area contributed by atoms with E-state index in [0.717, 1.165) is 16.8 Å². The molecule has 40 heavy (non-hydrogen) atoms. The summed E-state index contributed by atoms with van der Waals surface area (Å²) in [6.07, 6.45) is 4.25. The van der Waals surface area contributed by atoms with Gasteiger partial charge in [0.1, 0.15) is 0 Å². The SMILES string of the molecule is Cc1ccc(S(=O)(=O)[AsH][C@@H](C)C(=O)OC(c2cc(-n3ccnc3)ccc2C)c2c(C)cc(C(=O)O)cc2C)cc1. The number of rotatable bonds is 9. The third-order valence-electron chi connectivity index (χ3n) is 6.70. The number of esters is 1. The van der Waals surface area contributed by atoms with Gasteiger partial charge in [-0.05, 0) is 0 Å². The molecule has 0 saturated carbocycles. The van der Waals surface area contributed by atoms with E-state index in [4.69, 9.17) is 4.74 Å². The summed E-state index contributed by atoms with van der Waals surface area (Å²) in [5, 5.41) is 9.56. The minimum atomic E-state index is -3.61. The summed E-state index contributed by atoms with van der Waals surface area (Å²) in [5.41, 5.74) is 5.43. The molecule has 0 radical (unpaired) electrons. The second kappa shape index (κ2) is 11.8. The molecule has 1 N–H and O–H groups in total. The average Bonchev–Trinajstić information content (AvgIpc) is 3.43. The molecule has 2 unspecified atom stereocenters. The van der Waals surface area contributed by atoms with E-state index in [1.54, 1.807) is 75.9 Å². The first-order chi connectivity index (χ1) is 18.9. The van der Waals surface area contributed by atoms with Crippen molar-refractivity contribution in [2.45, 2.75) is 50.3 Å². The summed E-state index contributed by atoms with van der Waals surface area (Å²) in [7, 11) is -3.61. The molecular weight excluding hydrogens is 591 g/mol. The van der Waals surface area contributed by atoms with Crippen LogP contribution in [-0.4, -0.2) is 49.6 Å². The Morgan fingerprint density at radius 1 is 0.950 bits per heavy atom. The van der Waals surface area contributed by atoms with Crippen molar-refractivity contribution in [2.75, 3.05) is 0 Å². The monoisotopic (exact) mass is 622 g/mol. The molecule has 0 aliphatic carbocycles. The molecule has 8 nitrogen and oxygen atoms in total. The first-order valence-corrected chi connectivity index (χ1v) is 17.9. The fraction of sp³-hybridized carbons (Fsp3) is 0.233. The van der Waals surface area contributed by atoms with Gasteiger partial charge in [0.25, 0.3) is 0 Å². The second-order valence-corrected chi connectivity index (χ2v) is 18.2. The number of benzene rings is 3. The van der Waals surface area contributed by atoms with Crippen LogP contribution < -0.4 is 0 Å². The predicted octanol–water partition coefficient (Wildman–Crippen LogP) is 5.07. The molecule has 0 spiro atoms. The molecule has 1 heterocycles. The van der Waals surface area contributed by atoms with Gasteiger partial charge in [0, 0.05) is 0 Å². The number of aromatic nitrogens is 2. The van der Waals surface area contributed by atoms with E-state index in [0.29, 0.717) is 22.3 Å². The number of hydrogen-bond donors (Lipinski definition) is 1. The normalized spacial score (nSPS) is 13.3. The molecule has 208 valence electrons. The van der Waals surface area contributed by atoms with E-state index in [1.807, 2.05) is 36.6 Å². The Morgan fingerprint density at radius 3 is 2.17 bits per heavy atom. The molecule has 0 amide bonds. The summed E-state index contributed by atoms with van der Waals surface area (Å²) < 4.78 is 33.4. The van der Waals surface area contributed by atoms with E-state index >= 15 is 0 Å². The van der Waals surface area contributed by atoms with E-state index in [-0.39, 0.29) is 10.5 Å². The van der Waals surface area contributed by atoms with Gasteiger partial charge in [0.15, 0.2) is 0 Å². The van der Waals surface area contributed by atoms with Gasteiger partial charge in [-0.25, -0.2) is 0 Å². The van der Waals surface area contributed by atoms with Crippen molar-refractivity contribution < 1.29 is 27.9 Å². The summed E-state index contributed by atoms with van der Waals surface area (Å²) in [4.78, 5) is 29.5.